The van der Waals surface area contributed by atoms with Crippen LogP contribution in [0.25, 0.3) is 0 Å². The Kier molecular flexibility index (Phi) is 4.26. The summed E-state index contributed by atoms with van der Waals surface area (Å²) in [6, 6.07) is 13.4. The lowest BCUT2D eigenvalue weighted by Gasteiger charge is -2.18. The van der Waals surface area contributed by atoms with Gasteiger partial charge in [0.05, 0.1) is 0 Å². The maximum atomic E-state index is 9.41. The summed E-state index contributed by atoms with van der Waals surface area (Å²) in [6.07, 6.45) is 0.926. The third-order valence-corrected chi connectivity index (χ3v) is 3.44. The Morgan fingerprint density at radius 3 is 2.67 bits per heavy atom. The molecule has 0 aromatic heterocycles. The SMILES string of the molecule is Oc1cccc(CNCCc2ccc3c(c2)OCCO3)c1. The Labute approximate surface area is 124 Å². The van der Waals surface area contributed by atoms with Gasteiger partial charge in [0.15, 0.2) is 11.5 Å². The Balaban J connectivity index is 1.49. The lowest BCUT2D eigenvalue weighted by Crippen LogP contribution is -2.17. The van der Waals surface area contributed by atoms with E-state index < -0.39 is 0 Å². The summed E-state index contributed by atoms with van der Waals surface area (Å²) in [5.74, 6) is 1.98. The maximum absolute atomic E-state index is 9.41. The van der Waals surface area contributed by atoms with E-state index in [0.717, 1.165) is 36.6 Å². The van der Waals surface area contributed by atoms with E-state index in [4.69, 9.17) is 9.47 Å². The number of phenols is 1. The summed E-state index contributed by atoms with van der Waals surface area (Å²) in [5.41, 5.74) is 2.31. The van der Waals surface area contributed by atoms with E-state index in [1.807, 2.05) is 24.3 Å². The summed E-state index contributed by atoms with van der Waals surface area (Å²) < 4.78 is 11.1. The summed E-state index contributed by atoms with van der Waals surface area (Å²) in [5, 5.41) is 12.8. The molecule has 110 valence electrons. The minimum absolute atomic E-state index is 0.307. The quantitative estimate of drug-likeness (QED) is 0.829. The van der Waals surface area contributed by atoms with Gasteiger partial charge in [0.25, 0.3) is 0 Å². The Hall–Kier alpha value is -2.20. The Morgan fingerprint density at radius 1 is 0.952 bits per heavy atom. The minimum Gasteiger partial charge on any atom is -0.508 e. The maximum Gasteiger partial charge on any atom is 0.161 e. The van der Waals surface area contributed by atoms with Gasteiger partial charge in [-0.3, -0.25) is 0 Å². The van der Waals surface area contributed by atoms with Crippen molar-refractivity contribution in [2.45, 2.75) is 13.0 Å². The summed E-state index contributed by atoms with van der Waals surface area (Å²) in [4.78, 5) is 0. The lowest BCUT2D eigenvalue weighted by molar-refractivity contribution is 0.171. The Morgan fingerprint density at radius 2 is 1.81 bits per heavy atom. The van der Waals surface area contributed by atoms with Crippen molar-refractivity contribution in [2.75, 3.05) is 19.8 Å². The lowest BCUT2D eigenvalue weighted by atomic mass is 10.1. The zero-order valence-corrected chi connectivity index (χ0v) is 11.8. The van der Waals surface area contributed by atoms with Crippen molar-refractivity contribution < 1.29 is 14.6 Å². The van der Waals surface area contributed by atoms with Gasteiger partial charge in [0.2, 0.25) is 0 Å². The fraction of sp³-hybridized carbons (Fsp3) is 0.294. The monoisotopic (exact) mass is 285 g/mol. The summed E-state index contributed by atoms with van der Waals surface area (Å²) >= 11 is 0. The van der Waals surface area contributed by atoms with Crippen LogP contribution in [0, 0.1) is 0 Å². The van der Waals surface area contributed by atoms with Crippen molar-refractivity contribution >= 4 is 0 Å². The predicted octanol–water partition coefficient (Wildman–Crippen LogP) is 2.50. The first-order valence-corrected chi connectivity index (χ1v) is 7.18. The van der Waals surface area contributed by atoms with Crippen LogP contribution < -0.4 is 14.8 Å². The number of hydrogen-bond donors (Lipinski definition) is 2. The van der Waals surface area contributed by atoms with Gasteiger partial charge >= 0.3 is 0 Å². The molecule has 21 heavy (non-hydrogen) atoms. The first-order chi connectivity index (χ1) is 10.3. The molecule has 2 aromatic carbocycles. The van der Waals surface area contributed by atoms with Gasteiger partial charge in [-0.05, 0) is 48.4 Å². The van der Waals surface area contributed by atoms with Gasteiger partial charge in [-0.15, -0.1) is 0 Å². The van der Waals surface area contributed by atoms with Crippen LogP contribution in [0.2, 0.25) is 0 Å². The number of fused-ring (bicyclic) bond motifs is 1. The van der Waals surface area contributed by atoms with E-state index >= 15 is 0 Å². The Bertz CT molecular complexity index is 613. The normalized spacial score (nSPS) is 13.1. The van der Waals surface area contributed by atoms with E-state index in [0.29, 0.717) is 19.0 Å². The van der Waals surface area contributed by atoms with Gasteiger partial charge in [0, 0.05) is 6.54 Å². The summed E-state index contributed by atoms with van der Waals surface area (Å²) in [6.45, 7) is 2.86. The smallest absolute Gasteiger partial charge is 0.161 e. The molecule has 4 heteroatoms. The molecule has 0 saturated heterocycles. The van der Waals surface area contributed by atoms with Crippen LogP contribution in [-0.4, -0.2) is 24.9 Å². The largest absolute Gasteiger partial charge is 0.508 e. The van der Waals surface area contributed by atoms with Crippen LogP contribution in [0.5, 0.6) is 17.2 Å². The number of ether oxygens (including phenoxy) is 2. The van der Waals surface area contributed by atoms with E-state index in [1.54, 1.807) is 12.1 Å². The molecule has 1 heterocycles. The number of aromatic hydroxyl groups is 1. The fourth-order valence-electron chi connectivity index (χ4n) is 2.38. The molecule has 4 nitrogen and oxygen atoms in total. The van der Waals surface area contributed by atoms with E-state index in [9.17, 15) is 5.11 Å². The molecule has 0 fully saturated rings. The highest BCUT2D eigenvalue weighted by molar-refractivity contribution is 5.43. The fourth-order valence-corrected chi connectivity index (χ4v) is 2.38. The molecule has 0 atom stereocenters. The van der Waals surface area contributed by atoms with Crippen molar-refractivity contribution in [2.24, 2.45) is 0 Å². The van der Waals surface area contributed by atoms with Crippen LogP contribution in [0.15, 0.2) is 42.5 Å². The van der Waals surface area contributed by atoms with Gasteiger partial charge < -0.3 is 19.9 Å². The highest BCUT2D eigenvalue weighted by Gasteiger charge is 2.11. The number of phenolic OH excluding ortho intramolecular Hbond substituents is 1. The molecule has 0 bridgehead atoms. The second-order valence-corrected chi connectivity index (χ2v) is 5.07. The van der Waals surface area contributed by atoms with Gasteiger partial charge in [-0.25, -0.2) is 0 Å². The molecular formula is C17H19NO3. The van der Waals surface area contributed by atoms with Crippen LogP contribution in [0.4, 0.5) is 0 Å². The molecule has 3 rings (SSSR count). The van der Waals surface area contributed by atoms with Crippen molar-refractivity contribution in [1.82, 2.24) is 5.32 Å². The third kappa shape index (κ3) is 3.67. The standard InChI is InChI=1S/C17H19NO3/c19-15-3-1-2-14(10-15)12-18-7-6-13-4-5-16-17(11-13)21-9-8-20-16/h1-5,10-11,18-19H,6-9,12H2. The van der Waals surface area contributed by atoms with E-state index in [2.05, 4.69) is 11.4 Å². The summed E-state index contributed by atoms with van der Waals surface area (Å²) in [7, 11) is 0. The molecule has 0 spiro atoms. The van der Waals surface area contributed by atoms with Gasteiger partial charge in [-0.2, -0.15) is 0 Å². The second kappa shape index (κ2) is 6.50. The molecule has 0 saturated carbocycles. The molecule has 0 unspecified atom stereocenters. The predicted molar refractivity (Wildman–Crippen MR) is 80.9 cm³/mol. The van der Waals surface area contributed by atoms with Gasteiger partial charge in [0.1, 0.15) is 19.0 Å². The molecule has 2 aromatic rings. The third-order valence-electron chi connectivity index (χ3n) is 3.44. The number of hydrogen-bond acceptors (Lipinski definition) is 4. The van der Waals surface area contributed by atoms with Crippen molar-refractivity contribution in [3.63, 3.8) is 0 Å². The topological polar surface area (TPSA) is 50.7 Å². The molecular weight excluding hydrogens is 266 g/mol. The zero-order valence-electron chi connectivity index (χ0n) is 11.8. The van der Waals surface area contributed by atoms with Crippen LogP contribution in [-0.2, 0) is 13.0 Å². The molecule has 2 N–H and O–H groups in total. The molecule has 1 aliphatic rings. The van der Waals surface area contributed by atoms with Crippen LogP contribution >= 0.6 is 0 Å². The van der Waals surface area contributed by atoms with E-state index in [1.165, 1.54) is 5.56 Å². The molecule has 0 aliphatic carbocycles. The zero-order chi connectivity index (χ0) is 14.5. The van der Waals surface area contributed by atoms with Gasteiger partial charge in [-0.1, -0.05) is 18.2 Å². The van der Waals surface area contributed by atoms with Crippen molar-refractivity contribution in [1.29, 1.82) is 0 Å². The van der Waals surface area contributed by atoms with E-state index in [-0.39, 0.29) is 0 Å². The highest BCUT2D eigenvalue weighted by atomic mass is 16.6. The number of nitrogens with one attached hydrogen (secondary N) is 1. The first-order valence-electron chi connectivity index (χ1n) is 7.18. The molecule has 0 amide bonds. The second-order valence-electron chi connectivity index (χ2n) is 5.07. The minimum atomic E-state index is 0.307. The number of benzene rings is 2. The average Bonchev–Trinajstić information content (AvgIpc) is 2.51. The van der Waals surface area contributed by atoms with Crippen LogP contribution in [0.3, 0.4) is 0 Å². The number of rotatable bonds is 5. The van der Waals surface area contributed by atoms with Crippen molar-refractivity contribution in [3.05, 3.63) is 53.6 Å². The van der Waals surface area contributed by atoms with Crippen LogP contribution in [0.1, 0.15) is 11.1 Å². The average molecular weight is 285 g/mol. The molecule has 1 aliphatic heterocycles. The highest BCUT2D eigenvalue weighted by Crippen LogP contribution is 2.30. The van der Waals surface area contributed by atoms with Crippen molar-refractivity contribution in [3.8, 4) is 17.2 Å². The first kappa shape index (κ1) is 13.8. The molecule has 0 radical (unpaired) electrons.